The molecule has 3 heteroatoms. The maximum absolute atomic E-state index is 2.41. The van der Waals surface area contributed by atoms with Gasteiger partial charge in [-0.2, -0.15) is 12.1 Å². The first-order chi connectivity index (χ1) is 10.9. The third kappa shape index (κ3) is 3.40. The minimum absolute atomic E-state index is 0. The van der Waals surface area contributed by atoms with E-state index in [2.05, 4.69) is 60.7 Å². The minimum Gasteiger partial charge on any atom is -1.00 e. The molecule has 0 bridgehead atoms. The number of hydrogen-bond acceptors (Lipinski definition) is 0. The number of benzene rings is 2. The van der Waals surface area contributed by atoms with Crippen LogP contribution in [0.25, 0.3) is 21.5 Å². The molecule has 0 saturated carbocycles. The van der Waals surface area contributed by atoms with Crippen LogP contribution >= 0.6 is 0 Å². The van der Waals surface area contributed by atoms with E-state index in [1.807, 2.05) is 0 Å². The molecule has 0 atom stereocenters. The Hall–Kier alpha value is -0.877. The van der Waals surface area contributed by atoms with Crippen LogP contribution < -0.4 is 24.8 Å². The summed E-state index contributed by atoms with van der Waals surface area (Å²) >= 11 is 0. The fourth-order valence-corrected chi connectivity index (χ4v) is 4.25. The van der Waals surface area contributed by atoms with Crippen molar-refractivity contribution >= 4 is 21.5 Å². The van der Waals surface area contributed by atoms with Crippen LogP contribution in [0.1, 0.15) is 22.3 Å². The molecule has 124 valence electrons. The second-order valence-electron chi connectivity index (χ2n) is 6.47. The summed E-state index contributed by atoms with van der Waals surface area (Å²) in [6.07, 6.45) is 4.69. The van der Waals surface area contributed by atoms with Gasteiger partial charge in [-0.05, 0) is 12.8 Å². The molecule has 1 aliphatic rings. The van der Waals surface area contributed by atoms with E-state index < -0.39 is 0 Å². The van der Waals surface area contributed by atoms with Crippen molar-refractivity contribution in [3.63, 3.8) is 0 Å². The van der Waals surface area contributed by atoms with Gasteiger partial charge in [0.1, 0.15) is 0 Å². The van der Waals surface area contributed by atoms with Crippen molar-refractivity contribution in [3.05, 3.63) is 82.9 Å². The van der Waals surface area contributed by atoms with Gasteiger partial charge in [0.25, 0.3) is 0 Å². The predicted octanol–water partition coefficient (Wildman–Crippen LogP) is -0.680. The Balaban J connectivity index is 0.000000751. The van der Waals surface area contributed by atoms with Crippen molar-refractivity contribution in [1.29, 1.82) is 0 Å². The number of halogens is 2. The van der Waals surface area contributed by atoms with Gasteiger partial charge in [0.2, 0.25) is 0 Å². The zero-order valence-corrected chi connectivity index (χ0v) is 17.8. The molecule has 25 heavy (non-hydrogen) atoms. The number of hydrogen-bond donors (Lipinski definition) is 0. The number of fused-ring (bicyclic) bond motifs is 6. The van der Waals surface area contributed by atoms with Crippen LogP contribution in [0.4, 0.5) is 0 Å². The quantitative estimate of drug-likeness (QED) is 0.316. The van der Waals surface area contributed by atoms with E-state index in [1.54, 1.807) is 22.3 Å². The standard InChI is InChI=1S/C22H18.2ClH.Zr/c1-3-7-19-15(5-1)13-17-9-10-18-14-16-6-2-4-8-20(16)22(18)12-11-21(17)19;;;/h1-8,13-14H,9-12H2;2*1H;/q-2;;;+4/p-2. The van der Waals surface area contributed by atoms with Gasteiger partial charge < -0.3 is 24.8 Å². The van der Waals surface area contributed by atoms with E-state index in [4.69, 9.17) is 0 Å². The average molecular weight is 445 g/mol. The Morgan fingerprint density at radius 2 is 1.00 bits per heavy atom. The largest absolute Gasteiger partial charge is 4.00 e. The molecular weight excluding hydrogens is 426 g/mol. The van der Waals surface area contributed by atoms with E-state index in [1.165, 1.54) is 47.2 Å². The topological polar surface area (TPSA) is 0 Å². The molecule has 1 aliphatic carbocycles. The smallest absolute Gasteiger partial charge is 1.00 e. The molecule has 0 nitrogen and oxygen atoms in total. The van der Waals surface area contributed by atoms with Crippen molar-refractivity contribution in [2.75, 3.05) is 0 Å². The monoisotopic (exact) mass is 442 g/mol. The average Bonchev–Trinajstić information content (AvgIpc) is 3.06. The third-order valence-corrected chi connectivity index (χ3v) is 5.30. The van der Waals surface area contributed by atoms with Crippen LogP contribution in [0.2, 0.25) is 0 Å². The summed E-state index contributed by atoms with van der Waals surface area (Å²) < 4.78 is 0. The van der Waals surface area contributed by atoms with Crippen molar-refractivity contribution in [3.8, 4) is 0 Å². The van der Waals surface area contributed by atoms with Gasteiger partial charge in [-0.1, -0.05) is 25.0 Å². The Labute approximate surface area is 180 Å². The third-order valence-electron chi connectivity index (χ3n) is 5.30. The summed E-state index contributed by atoms with van der Waals surface area (Å²) in [4.78, 5) is 0. The van der Waals surface area contributed by atoms with Crippen LogP contribution in [0, 0.1) is 0 Å². The van der Waals surface area contributed by atoms with E-state index in [9.17, 15) is 0 Å². The van der Waals surface area contributed by atoms with Crippen molar-refractivity contribution < 1.29 is 51.0 Å². The molecule has 0 N–H and O–H groups in total. The van der Waals surface area contributed by atoms with Crippen molar-refractivity contribution in [1.82, 2.24) is 0 Å². The summed E-state index contributed by atoms with van der Waals surface area (Å²) in [6, 6.07) is 22.6. The van der Waals surface area contributed by atoms with E-state index in [-0.39, 0.29) is 51.0 Å². The molecule has 0 aliphatic heterocycles. The van der Waals surface area contributed by atoms with Crippen LogP contribution in [-0.4, -0.2) is 0 Å². The van der Waals surface area contributed by atoms with E-state index >= 15 is 0 Å². The maximum atomic E-state index is 2.41. The van der Waals surface area contributed by atoms with Gasteiger partial charge in [-0.3, -0.25) is 0 Å². The predicted molar refractivity (Wildman–Crippen MR) is 93.9 cm³/mol. The van der Waals surface area contributed by atoms with Gasteiger partial charge in [0.15, 0.2) is 0 Å². The first-order valence-corrected chi connectivity index (χ1v) is 8.22. The SMILES string of the molecule is [Cl-].[Cl-].[Zr+4].c1ccc2c(c1)cc1[c-]2CC[c-]2c(cc3ccccc32)CC1. The zero-order chi connectivity index (χ0) is 14.5. The van der Waals surface area contributed by atoms with Crippen LogP contribution in [-0.2, 0) is 51.9 Å². The molecular formula is C22H18Cl2Zr. The van der Waals surface area contributed by atoms with E-state index in [0.29, 0.717) is 0 Å². The molecule has 4 aromatic carbocycles. The van der Waals surface area contributed by atoms with Gasteiger partial charge >= 0.3 is 26.2 Å². The fourth-order valence-electron chi connectivity index (χ4n) is 4.25. The Bertz CT molecular complexity index is 912. The fraction of sp³-hybridized carbons (Fsp3) is 0.182. The first-order valence-electron chi connectivity index (χ1n) is 8.22. The molecule has 0 heterocycles. The molecule has 0 amide bonds. The minimum atomic E-state index is 0. The summed E-state index contributed by atoms with van der Waals surface area (Å²) in [5.74, 6) is 0. The second-order valence-corrected chi connectivity index (χ2v) is 6.47. The Morgan fingerprint density at radius 3 is 1.44 bits per heavy atom. The summed E-state index contributed by atoms with van der Waals surface area (Å²) in [6.45, 7) is 0. The molecule has 0 unspecified atom stereocenters. The van der Waals surface area contributed by atoms with Gasteiger partial charge in [-0.15, -0.1) is 80.2 Å². The van der Waals surface area contributed by atoms with Crippen LogP contribution in [0.5, 0.6) is 0 Å². The molecule has 0 radical (unpaired) electrons. The van der Waals surface area contributed by atoms with Crippen molar-refractivity contribution in [2.45, 2.75) is 25.7 Å². The molecule has 4 aromatic rings. The molecule has 0 aromatic heterocycles. The normalized spacial score (nSPS) is 12.8. The van der Waals surface area contributed by atoms with E-state index in [0.717, 1.165) is 0 Å². The van der Waals surface area contributed by atoms with Gasteiger partial charge in [0.05, 0.1) is 0 Å². The number of aryl methyl sites for hydroxylation is 4. The summed E-state index contributed by atoms with van der Waals surface area (Å²) in [7, 11) is 0. The molecule has 0 saturated heterocycles. The first kappa shape index (κ1) is 20.4. The van der Waals surface area contributed by atoms with Crippen LogP contribution in [0.3, 0.4) is 0 Å². The maximum Gasteiger partial charge on any atom is 4.00 e. The Morgan fingerprint density at radius 1 is 0.600 bits per heavy atom. The summed E-state index contributed by atoms with van der Waals surface area (Å²) in [5.41, 5.74) is 6.31. The molecule has 0 spiro atoms. The van der Waals surface area contributed by atoms with Gasteiger partial charge in [0, 0.05) is 0 Å². The van der Waals surface area contributed by atoms with Gasteiger partial charge in [-0.25, -0.2) is 0 Å². The molecule has 5 rings (SSSR count). The van der Waals surface area contributed by atoms with Crippen molar-refractivity contribution in [2.24, 2.45) is 0 Å². The molecule has 0 fully saturated rings. The van der Waals surface area contributed by atoms with Crippen LogP contribution in [0.15, 0.2) is 60.7 Å². The summed E-state index contributed by atoms with van der Waals surface area (Å²) in [5, 5.41) is 5.77. The zero-order valence-electron chi connectivity index (χ0n) is 13.9. The second kappa shape index (κ2) is 8.21. The Kier molecular flexibility index (Phi) is 6.71. The number of rotatable bonds is 0.